The average Bonchev–Trinajstić information content (AvgIpc) is 3.29. The highest BCUT2D eigenvalue weighted by Gasteiger charge is 2.34. The van der Waals surface area contributed by atoms with Gasteiger partial charge in [-0.1, -0.05) is 23.4 Å². The van der Waals surface area contributed by atoms with Crippen LogP contribution in [-0.2, 0) is 10.0 Å². The van der Waals surface area contributed by atoms with E-state index in [4.69, 9.17) is 9.26 Å². The molecule has 0 saturated carbocycles. The summed E-state index contributed by atoms with van der Waals surface area (Å²) in [5.74, 6) is 0.898. The van der Waals surface area contributed by atoms with Crippen LogP contribution in [0.5, 0.6) is 5.75 Å². The van der Waals surface area contributed by atoms with Crippen molar-refractivity contribution in [1.29, 1.82) is 0 Å². The van der Waals surface area contributed by atoms with E-state index < -0.39 is 10.0 Å². The number of fused-ring (bicyclic) bond motifs is 1. The molecular formula is C18H19N3O4S. The molecule has 2 aromatic heterocycles. The van der Waals surface area contributed by atoms with E-state index in [-0.39, 0.29) is 10.8 Å². The first kappa shape index (κ1) is 17.0. The number of para-hydroxylation sites is 1. The molecule has 136 valence electrons. The summed E-state index contributed by atoms with van der Waals surface area (Å²) in [5, 5.41) is 4.44. The molecule has 7 nitrogen and oxygen atoms in total. The summed E-state index contributed by atoms with van der Waals surface area (Å²) in [4.78, 5) is 4.25. The standard InChI is InChI=1S/C18H19N3O4S/c1-12-16-9-14(10-19-18(16)25-20-12)26(22,23)21-8-7-13(11-21)15-5-3-4-6-17(15)24-2/h3-6,9-10,13H,7-8,11H2,1-2H3. The minimum atomic E-state index is -3.62. The van der Waals surface area contributed by atoms with Crippen LogP contribution in [-0.4, -0.2) is 43.1 Å². The number of methoxy groups -OCH3 is 1. The van der Waals surface area contributed by atoms with Gasteiger partial charge in [-0.3, -0.25) is 0 Å². The van der Waals surface area contributed by atoms with Crippen LogP contribution in [0.2, 0.25) is 0 Å². The molecule has 3 heterocycles. The maximum atomic E-state index is 13.0. The molecule has 1 aromatic carbocycles. The molecule has 1 aliphatic heterocycles. The largest absolute Gasteiger partial charge is 0.496 e. The number of aromatic nitrogens is 2. The molecule has 1 fully saturated rings. The van der Waals surface area contributed by atoms with E-state index in [1.165, 1.54) is 10.5 Å². The zero-order valence-corrected chi connectivity index (χ0v) is 15.4. The van der Waals surface area contributed by atoms with Crippen molar-refractivity contribution >= 4 is 21.1 Å². The van der Waals surface area contributed by atoms with Crippen LogP contribution in [0, 0.1) is 6.92 Å². The number of aryl methyl sites for hydroxylation is 1. The molecular weight excluding hydrogens is 354 g/mol. The van der Waals surface area contributed by atoms with Crippen molar-refractivity contribution in [1.82, 2.24) is 14.4 Å². The van der Waals surface area contributed by atoms with E-state index in [9.17, 15) is 8.42 Å². The molecule has 26 heavy (non-hydrogen) atoms. The van der Waals surface area contributed by atoms with Gasteiger partial charge < -0.3 is 9.26 Å². The minimum Gasteiger partial charge on any atom is -0.496 e. The summed E-state index contributed by atoms with van der Waals surface area (Å²) in [6, 6.07) is 9.34. The summed E-state index contributed by atoms with van der Waals surface area (Å²) in [6.45, 7) is 2.65. The van der Waals surface area contributed by atoms with Gasteiger partial charge in [-0.2, -0.15) is 4.31 Å². The van der Waals surface area contributed by atoms with E-state index in [1.54, 1.807) is 20.1 Å². The second-order valence-corrected chi connectivity index (χ2v) is 8.32. The van der Waals surface area contributed by atoms with Gasteiger partial charge in [0, 0.05) is 19.0 Å². The fourth-order valence-electron chi connectivity index (χ4n) is 3.42. The summed E-state index contributed by atoms with van der Waals surface area (Å²) in [5.41, 5.74) is 2.00. The Kier molecular flexibility index (Phi) is 4.16. The molecule has 0 aliphatic carbocycles. The van der Waals surface area contributed by atoms with E-state index >= 15 is 0 Å². The Morgan fingerprint density at radius 1 is 1.31 bits per heavy atom. The average molecular weight is 373 g/mol. The molecule has 3 aromatic rings. The Bertz CT molecular complexity index is 1060. The van der Waals surface area contributed by atoms with Crippen LogP contribution in [0.3, 0.4) is 0 Å². The molecule has 0 bridgehead atoms. The highest BCUT2D eigenvalue weighted by atomic mass is 32.2. The maximum Gasteiger partial charge on any atom is 0.257 e. The van der Waals surface area contributed by atoms with Gasteiger partial charge in [0.15, 0.2) is 0 Å². The monoisotopic (exact) mass is 373 g/mol. The fraction of sp³-hybridized carbons (Fsp3) is 0.333. The lowest BCUT2D eigenvalue weighted by Gasteiger charge is -2.17. The lowest BCUT2D eigenvalue weighted by Crippen LogP contribution is -2.28. The van der Waals surface area contributed by atoms with E-state index in [0.717, 1.165) is 17.7 Å². The number of hydrogen-bond acceptors (Lipinski definition) is 6. The minimum absolute atomic E-state index is 0.106. The number of sulfonamides is 1. The third kappa shape index (κ3) is 2.75. The Hall–Kier alpha value is -2.45. The number of rotatable bonds is 4. The van der Waals surface area contributed by atoms with Gasteiger partial charge in [0.25, 0.3) is 5.71 Å². The SMILES string of the molecule is COc1ccccc1C1CCN(S(=O)(=O)c2cnc3onc(C)c3c2)C1. The van der Waals surface area contributed by atoms with Crippen LogP contribution in [0.15, 0.2) is 45.9 Å². The van der Waals surface area contributed by atoms with Crippen LogP contribution in [0.4, 0.5) is 0 Å². The summed E-state index contributed by atoms with van der Waals surface area (Å²) < 4.78 is 38.1. The van der Waals surface area contributed by atoms with E-state index in [1.807, 2.05) is 24.3 Å². The van der Waals surface area contributed by atoms with Gasteiger partial charge in [-0.15, -0.1) is 0 Å². The van der Waals surface area contributed by atoms with E-state index in [0.29, 0.717) is 29.9 Å². The van der Waals surface area contributed by atoms with Crippen LogP contribution in [0.1, 0.15) is 23.6 Å². The van der Waals surface area contributed by atoms with Crippen molar-refractivity contribution in [2.75, 3.05) is 20.2 Å². The first-order valence-electron chi connectivity index (χ1n) is 8.36. The van der Waals surface area contributed by atoms with Crippen LogP contribution in [0.25, 0.3) is 11.1 Å². The zero-order chi connectivity index (χ0) is 18.3. The van der Waals surface area contributed by atoms with Crippen molar-refractivity contribution < 1.29 is 17.7 Å². The van der Waals surface area contributed by atoms with Gasteiger partial charge in [-0.25, -0.2) is 13.4 Å². The highest BCUT2D eigenvalue weighted by molar-refractivity contribution is 7.89. The second-order valence-electron chi connectivity index (χ2n) is 6.38. The first-order chi connectivity index (χ1) is 12.5. The van der Waals surface area contributed by atoms with Gasteiger partial charge >= 0.3 is 0 Å². The number of nitrogens with zero attached hydrogens (tertiary/aromatic N) is 3. The fourth-order valence-corrected chi connectivity index (χ4v) is 4.89. The van der Waals surface area contributed by atoms with Crippen molar-refractivity contribution in [3.8, 4) is 5.75 Å². The lowest BCUT2D eigenvalue weighted by molar-refractivity contribution is 0.405. The van der Waals surface area contributed by atoms with Crippen molar-refractivity contribution in [2.45, 2.75) is 24.2 Å². The molecule has 1 aliphatic rings. The first-order valence-corrected chi connectivity index (χ1v) is 9.80. The van der Waals surface area contributed by atoms with Gasteiger partial charge in [0.1, 0.15) is 10.6 Å². The molecule has 0 radical (unpaired) electrons. The Morgan fingerprint density at radius 3 is 2.92 bits per heavy atom. The zero-order valence-electron chi connectivity index (χ0n) is 14.5. The Balaban J connectivity index is 1.63. The van der Waals surface area contributed by atoms with Gasteiger partial charge in [0.05, 0.1) is 24.4 Å². The number of pyridine rings is 1. The molecule has 4 rings (SSSR count). The predicted octanol–water partition coefficient (Wildman–Crippen LogP) is 2.72. The Labute approximate surface area is 151 Å². The summed E-state index contributed by atoms with van der Waals surface area (Å²) in [7, 11) is -2.00. The molecule has 1 atom stereocenters. The van der Waals surface area contributed by atoms with Crippen molar-refractivity contribution in [2.24, 2.45) is 0 Å². The molecule has 1 unspecified atom stereocenters. The molecule has 1 saturated heterocycles. The smallest absolute Gasteiger partial charge is 0.257 e. The highest BCUT2D eigenvalue weighted by Crippen LogP contribution is 2.35. The van der Waals surface area contributed by atoms with Gasteiger partial charge in [0.2, 0.25) is 10.0 Å². The molecule has 8 heteroatoms. The number of ether oxygens (including phenoxy) is 1. The molecule has 0 N–H and O–H groups in total. The normalized spacial score (nSPS) is 18.5. The second kappa shape index (κ2) is 6.37. The number of benzene rings is 1. The van der Waals surface area contributed by atoms with Crippen molar-refractivity contribution in [3.63, 3.8) is 0 Å². The van der Waals surface area contributed by atoms with Crippen LogP contribution < -0.4 is 4.74 Å². The molecule has 0 amide bonds. The third-order valence-corrected chi connectivity index (χ3v) is 6.68. The quantitative estimate of drug-likeness (QED) is 0.699. The van der Waals surface area contributed by atoms with Crippen molar-refractivity contribution in [3.05, 3.63) is 47.8 Å². The maximum absolute atomic E-state index is 13.0. The topological polar surface area (TPSA) is 85.5 Å². The van der Waals surface area contributed by atoms with Gasteiger partial charge in [-0.05, 0) is 31.0 Å². The van der Waals surface area contributed by atoms with Crippen LogP contribution >= 0.6 is 0 Å². The lowest BCUT2D eigenvalue weighted by atomic mass is 9.97. The summed E-state index contributed by atoms with van der Waals surface area (Å²) >= 11 is 0. The molecule has 0 spiro atoms. The number of hydrogen-bond donors (Lipinski definition) is 0. The Morgan fingerprint density at radius 2 is 2.12 bits per heavy atom. The summed E-state index contributed by atoms with van der Waals surface area (Å²) in [6.07, 6.45) is 2.08. The van der Waals surface area contributed by atoms with E-state index in [2.05, 4.69) is 10.1 Å². The predicted molar refractivity (Wildman–Crippen MR) is 95.7 cm³/mol. The third-order valence-electron chi connectivity index (χ3n) is 4.85.